The Morgan fingerprint density at radius 3 is 2.34 bits per heavy atom. The van der Waals surface area contributed by atoms with E-state index in [0.717, 1.165) is 21.9 Å². The van der Waals surface area contributed by atoms with Crippen LogP contribution in [0.4, 0.5) is 5.69 Å². The van der Waals surface area contributed by atoms with E-state index < -0.39 is 16.1 Å². The van der Waals surface area contributed by atoms with Crippen molar-refractivity contribution in [1.29, 1.82) is 0 Å². The molecular weight excluding hydrogens is 412 g/mol. The Bertz CT molecular complexity index is 930. The number of benzene rings is 2. The summed E-state index contributed by atoms with van der Waals surface area (Å²) in [4.78, 5) is 12.8. The van der Waals surface area contributed by atoms with Gasteiger partial charge in [-0.25, -0.2) is 8.42 Å². The van der Waals surface area contributed by atoms with Gasteiger partial charge in [-0.1, -0.05) is 36.7 Å². The van der Waals surface area contributed by atoms with Gasteiger partial charge in [0.15, 0.2) is 0 Å². The number of amides is 1. The average molecular weight is 439 g/mol. The fraction of sp³-hybridized carbons (Fsp3) is 0.381. The summed E-state index contributed by atoms with van der Waals surface area (Å²) >= 11 is 6.02. The third kappa shape index (κ3) is 6.65. The standard InChI is InChI=1S/C21H27ClN2O4S/c1-5-20(24(29(4,26)27)18-8-6-7-17(22)13-18)21(25)23-14-16-9-11-19(12-10-16)28-15(2)3/h6-13,15,20H,5,14H2,1-4H3,(H,23,25)/t20-/m0/s1. The average Bonchev–Trinajstić information content (AvgIpc) is 2.63. The van der Waals surface area contributed by atoms with E-state index in [1.54, 1.807) is 25.1 Å². The molecular formula is C21H27ClN2O4S. The highest BCUT2D eigenvalue weighted by molar-refractivity contribution is 7.92. The monoisotopic (exact) mass is 438 g/mol. The molecule has 0 saturated heterocycles. The van der Waals surface area contributed by atoms with Gasteiger partial charge in [0, 0.05) is 11.6 Å². The van der Waals surface area contributed by atoms with Crippen molar-refractivity contribution >= 4 is 33.2 Å². The number of halogens is 1. The second kappa shape index (κ2) is 9.98. The summed E-state index contributed by atoms with van der Waals surface area (Å²) in [5.74, 6) is 0.381. The van der Waals surface area contributed by atoms with Gasteiger partial charge in [0.25, 0.3) is 0 Å². The van der Waals surface area contributed by atoms with E-state index in [-0.39, 0.29) is 18.6 Å². The molecule has 0 bridgehead atoms. The molecule has 2 aromatic rings. The van der Waals surface area contributed by atoms with E-state index >= 15 is 0 Å². The maximum atomic E-state index is 12.8. The van der Waals surface area contributed by atoms with Crippen molar-refractivity contribution in [2.45, 2.75) is 45.9 Å². The molecule has 1 atom stereocenters. The number of carbonyl (C=O) groups excluding carboxylic acids is 1. The number of nitrogens with one attached hydrogen (secondary N) is 1. The summed E-state index contributed by atoms with van der Waals surface area (Å²) in [6.07, 6.45) is 1.48. The number of ether oxygens (including phenoxy) is 1. The predicted octanol–water partition coefficient (Wildman–Crippen LogP) is 3.99. The molecule has 2 rings (SSSR count). The minimum atomic E-state index is -3.69. The van der Waals surface area contributed by atoms with Crippen molar-refractivity contribution in [3.05, 3.63) is 59.1 Å². The van der Waals surface area contributed by atoms with Gasteiger partial charge in [-0.15, -0.1) is 0 Å². The number of rotatable bonds is 9. The minimum Gasteiger partial charge on any atom is -0.491 e. The molecule has 0 saturated carbocycles. The molecule has 0 aromatic heterocycles. The molecule has 0 aliphatic carbocycles. The smallest absolute Gasteiger partial charge is 0.244 e. The number of nitrogens with zero attached hydrogens (tertiary/aromatic N) is 1. The largest absolute Gasteiger partial charge is 0.491 e. The van der Waals surface area contributed by atoms with Crippen LogP contribution in [0.3, 0.4) is 0 Å². The number of anilines is 1. The van der Waals surface area contributed by atoms with Crippen molar-refractivity contribution in [2.75, 3.05) is 10.6 Å². The fourth-order valence-corrected chi connectivity index (χ4v) is 4.33. The lowest BCUT2D eigenvalue weighted by Gasteiger charge is -2.30. The van der Waals surface area contributed by atoms with Crippen molar-refractivity contribution in [3.8, 4) is 5.75 Å². The first kappa shape index (κ1) is 23.0. The minimum absolute atomic E-state index is 0.0827. The number of hydrogen-bond acceptors (Lipinski definition) is 4. The summed E-state index contributed by atoms with van der Waals surface area (Å²) in [6, 6.07) is 13.0. The van der Waals surface area contributed by atoms with Gasteiger partial charge in [0.05, 0.1) is 18.0 Å². The summed E-state index contributed by atoms with van der Waals surface area (Å²) in [5.41, 5.74) is 1.25. The molecule has 0 unspecified atom stereocenters. The maximum absolute atomic E-state index is 12.8. The molecule has 29 heavy (non-hydrogen) atoms. The van der Waals surface area contributed by atoms with Crippen LogP contribution in [-0.2, 0) is 21.4 Å². The summed E-state index contributed by atoms with van der Waals surface area (Å²) < 4.78 is 31.6. The Morgan fingerprint density at radius 1 is 1.17 bits per heavy atom. The normalized spacial score (nSPS) is 12.5. The van der Waals surface area contributed by atoms with Gasteiger partial charge in [-0.2, -0.15) is 0 Å². The Morgan fingerprint density at radius 2 is 1.83 bits per heavy atom. The lowest BCUT2D eigenvalue weighted by Crippen LogP contribution is -2.49. The third-order valence-electron chi connectivity index (χ3n) is 4.15. The first-order valence-corrected chi connectivity index (χ1v) is 11.6. The topological polar surface area (TPSA) is 75.7 Å². The first-order chi connectivity index (χ1) is 13.6. The molecule has 0 spiro atoms. The molecule has 8 heteroatoms. The summed E-state index contributed by atoms with van der Waals surface area (Å²) in [7, 11) is -3.69. The number of carbonyl (C=O) groups is 1. The molecule has 0 heterocycles. The van der Waals surface area contributed by atoms with E-state index in [4.69, 9.17) is 16.3 Å². The van der Waals surface area contributed by atoms with Crippen LogP contribution in [0.1, 0.15) is 32.8 Å². The number of sulfonamides is 1. The highest BCUT2D eigenvalue weighted by atomic mass is 35.5. The third-order valence-corrected chi connectivity index (χ3v) is 5.57. The van der Waals surface area contributed by atoms with Crippen molar-refractivity contribution in [1.82, 2.24) is 5.32 Å². The molecule has 0 fully saturated rings. The summed E-state index contributed by atoms with van der Waals surface area (Å²) in [5, 5.41) is 3.23. The van der Waals surface area contributed by atoms with Crippen LogP contribution in [0.25, 0.3) is 0 Å². The van der Waals surface area contributed by atoms with Gasteiger partial charge in [-0.05, 0) is 56.2 Å². The quantitative estimate of drug-likeness (QED) is 0.642. The molecule has 6 nitrogen and oxygen atoms in total. The zero-order valence-corrected chi connectivity index (χ0v) is 18.6. The van der Waals surface area contributed by atoms with Gasteiger partial charge < -0.3 is 10.1 Å². The van der Waals surface area contributed by atoms with Crippen LogP contribution < -0.4 is 14.4 Å². The maximum Gasteiger partial charge on any atom is 0.244 e. The lowest BCUT2D eigenvalue weighted by atomic mass is 10.1. The lowest BCUT2D eigenvalue weighted by molar-refractivity contribution is -0.122. The second-order valence-electron chi connectivity index (χ2n) is 6.99. The Hall–Kier alpha value is -2.25. The second-order valence-corrected chi connectivity index (χ2v) is 9.29. The van der Waals surface area contributed by atoms with Gasteiger partial charge >= 0.3 is 0 Å². The van der Waals surface area contributed by atoms with Crippen LogP contribution in [0, 0.1) is 0 Å². The Balaban J connectivity index is 2.15. The molecule has 0 radical (unpaired) electrons. The highest BCUT2D eigenvalue weighted by Crippen LogP contribution is 2.25. The highest BCUT2D eigenvalue weighted by Gasteiger charge is 2.31. The number of hydrogen-bond donors (Lipinski definition) is 1. The molecule has 0 aliphatic rings. The van der Waals surface area contributed by atoms with Crippen molar-refractivity contribution in [3.63, 3.8) is 0 Å². The van der Waals surface area contributed by atoms with E-state index in [1.165, 1.54) is 6.07 Å². The zero-order chi connectivity index (χ0) is 21.6. The Labute approximate surface area is 177 Å². The molecule has 0 aliphatic heterocycles. The van der Waals surface area contributed by atoms with E-state index in [2.05, 4.69) is 5.32 Å². The van der Waals surface area contributed by atoms with Gasteiger partial charge in [-0.3, -0.25) is 9.10 Å². The van der Waals surface area contributed by atoms with Crippen LogP contribution in [0.15, 0.2) is 48.5 Å². The molecule has 1 amide bonds. The predicted molar refractivity (Wildman–Crippen MR) is 117 cm³/mol. The SMILES string of the molecule is CC[C@@H](C(=O)NCc1ccc(OC(C)C)cc1)N(c1cccc(Cl)c1)S(C)(=O)=O. The molecule has 1 N–H and O–H groups in total. The zero-order valence-electron chi connectivity index (χ0n) is 17.1. The van der Waals surface area contributed by atoms with Crippen LogP contribution in [0.2, 0.25) is 5.02 Å². The van der Waals surface area contributed by atoms with E-state index in [9.17, 15) is 13.2 Å². The van der Waals surface area contributed by atoms with Crippen LogP contribution >= 0.6 is 11.6 Å². The van der Waals surface area contributed by atoms with E-state index in [0.29, 0.717) is 17.1 Å². The van der Waals surface area contributed by atoms with Crippen molar-refractivity contribution in [2.24, 2.45) is 0 Å². The molecule has 158 valence electrons. The summed E-state index contributed by atoms with van der Waals surface area (Å²) in [6.45, 7) is 5.95. The van der Waals surface area contributed by atoms with Gasteiger partial charge in [0.2, 0.25) is 15.9 Å². The fourth-order valence-electron chi connectivity index (χ4n) is 2.94. The van der Waals surface area contributed by atoms with E-state index in [1.807, 2.05) is 38.1 Å². The first-order valence-electron chi connectivity index (χ1n) is 9.40. The van der Waals surface area contributed by atoms with Gasteiger partial charge in [0.1, 0.15) is 11.8 Å². The van der Waals surface area contributed by atoms with Crippen LogP contribution in [0.5, 0.6) is 5.75 Å². The Kier molecular flexibility index (Phi) is 7.93. The molecule has 2 aromatic carbocycles. The van der Waals surface area contributed by atoms with Crippen molar-refractivity contribution < 1.29 is 17.9 Å². The van der Waals surface area contributed by atoms with Crippen LogP contribution in [-0.4, -0.2) is 32.7 Å².